The molecule has 0 saturated carbocycles. The Morgan fingerprint density at radius 1 is 1.33 bits per heavy atom. The molecule has 1 aliphatic rings. The summed E-state index contributed by atoms with van der Waals surface area (Å²) in [5.41, 5.74) is 1.33. The molecule has 0 unspecified atom stereocenters. The molecular weight excluding hydrogens is 188 g/mol. The maximum absolute atomic E-state index is 11.8. The molecule has 0 aliphatic heterocycles. The van der Waals surface area contributed by atoms with Crippen LogP contribution in [0.25, 0.3) is 0 Å². The van der Waals surface area contributed by atoms with Gasteiger partial charge in [0.2, 0.25) is 0 Å². The minimum Gasteiger partial charge on any atom is -0.292 e. The van der Waals surface area contributed by atoms with Crippen LogP contribution in [0.15, 0.2) is 24.3 Å². The highest BCUT2D eigenvalue weighted by molar-refractivity contribution is 5.94. The highest BCUT2D eigenvalue weighted by atomic mass is 16.1. The summed E-state index contributed by atoms with van der Waals surface area (Å²) in [7, 11) is 0. The van der Waals surface area contributed by atoms with Crippen LogP contribution in [0.2, 0.25) is 0 Å². The van der Waals surface area contributed by atoms with E-state index in [0.717, 1.165) is 18.5 Å². The normalized spacial score (nSPS) is 15.8. The third kappa shape index (κ3) is 2.49. The number of nitrogens with zero attached hydrogens (tertiary/aromatic N) is 2. The van der Waals surface area contributed by atoms with Crippen LogP contribution in [0.4, 0.5) is 0 Å². The molecule has 1 aliphatic carbocycles. The molecule has 1 aromatic heterocycles. The second-order valence-corrected chi connectivity index (χ2v) is 4.00. The van der Waals surface area contributed by atoms with Crippen molar-refractivity contribution in [3.05, 3.63) is 35.7 Å². The largest absolute Gasteiger partial charge is 0.292 e. The van der Waals surface area contributed by atoms with Crippen LogP contribution < -0.4 is 0 Å². The first-order valence-electron chi connectivity index (χ1n) is 5.24. The highest BCUT2D eigenvalue weighted by Crippen LogP contribution is 2.22. The molecule has 0 atom stereocenters. The Bertz CT molecular complexity index is 373. The van der Waals surface area contributed by atoms with E-state index in [-0.39, 0.29) is 5.78 Å². The van der Waals surface area contributed by atoms with Crippen LogP contribution in [-0.4, -0.2) is 16.0 Å². The first-order valence-corrected chi connectivity index (χ1v) is 5.24. The summed E-state index contributed by atoms with van der Waals surface area (Å²) in [5.74, 6) is 0.580. The van der Waals surface area contributed by atoms with Gasteiger partial charge in [-0.05, 0) is 37.8 Å². The second-order valence-electron chi connectivity index (χ2n) is 4.00. The van der Waals surface area contributed by atoms with Crippen molar-refractivity contribution < 1.29 is 4.79 Å². The topological polar surface area (TPSA) is 42.9 Å². The number of aromatic nitrogens is 2. The molecule has 0 saturated heterocycles. The van der Waals surface area contributed by atoms with Gasteiger partial charge in [0.15, 0.2) is 5.78 Å². The van der Waals surface area contributed by atoms with Crippen molar-refractivity contribution >= 4 is 5.78 Å². The standard InChI is InChI=1S/C12H14N2O/c1-9-6-7-11(14-13-9)12(15)8-10-4-2-3-5-10/h2-3,6-7,10H,4-5,8H2,1H3. The summed E-state index contributed by atoms with van der Waals surface area (Å²) in [4.78, 5) is 11.8. The first-order chi connectivity index (χ1) is 7.25. The summed E-state index contributed by atoms with van der Waals surface area (Å²) in [6.07, 6.45) is 6.90. The van der Waals surface area contributed by atoms with Gasteiger partial charge >= 0.3 is 0 Å². The summed E-state index contributed by atoms with van der Waals surface area (Å²) in [6.45, 7) is 1.86. The SMILES string of the molecule is Cc1ccc(C(=O)CC2CC=CC2)nn1. The van der Waals surface area contributed by atoms with Crippen molar-refractivity contribution in [1.29, 1.82) is 0 Å². The van der Waals surface area contributed by atoms with E-state index < -0.39 is 0 Å². The van der Waals surface area contributed by atoms with Gasteiger partial charge in [0.25, 0.3) is 0 Å². The molecule has 1 heterocycles. The van der Waals surface area contributed by atoms with E-state index in [1.807, 2.05) is 13.0 Å². The lowest BCUT2D eigenvalue weighted by Crippen LogP contribution is -2.09. The van der Waals surface area contributed by atoms with Crippen molar-refractivity contribution in [1.82, 2.24) is 10.2 Å². The summed E-state index contributed by atoms with van der Waals surface area (Å²) in [5, 5.41) is 7.79. The number of aryl methyl sites for hydroxylation is 1. The number of ketones is 1. The zero-order valence-electron chi connectivity index (χ0n) is 8.81. The summed E-state index contributed by atoms with van der Waals surface area (Å²) < 4.78 is 0. The lowest BCUT2D eigenvalue weighted by molar-refractivity contribution is 0.0957. The van der Waals surface area contributed by atoms with Crippen LogP contribution in [0.5, 0.6) is 0 Å². The number of hydrogen-bond acceptors (Lipinski definition) is 3. The van der Waals surface area contributed by atoms with E-state index in [1.54, 1.807) is 6.07 Å². The molecule has 3 nitrogen and oxygen atoms in total. The molecule has 0 spiro atoms. The molecule has 15 heavy (non-hydrogen) atoms. The van der Waals surface area contributed by atoms with Crippen LogP contribution >= 0.6 is 0 Å². The van der Waals surface area contributed by atoms with E-state index in [4.69, 9.17) is 0 Å². The van der Waals surface area contributed by atoms with Gasteiger partial charge < -0.3 is 0 Å². The minimum atomic E-state index is 0.108. The van der Waals surface area contributed by atoms with Crippen molar-refractivity contribution in [2.45, 2.75) is 26.2 Å². The Hall–Kier alpha value is -1.51. The van der Waals surface area contributed by atoms with Gasteiger partial charge in [-0.15, -0.1) is 5.10 Å². The highest BCUT2D eigenvalue weighted by Gasteiger charge is 2.17. The number of rotatable bonds is 3. The molecule has 78 valence electrons. The van der Waals surface area contributed by atoms with E-state index in [0.29, 0.717) is 18.0 Å². The predicted molar refractivity (Wildman–Crippen MR) is 57.6 cm³/mol. The van der Waals surface area contributed by atoms with Crippen molar-refractivity contribution in [3.8, 4) is 0 Å². The lowest BCUT2D eigenvalue weighted by Gasteiger charge is -2.06. The van der Waals surface area contributed by atoms with Gasteiger partial charge in [0.1, 0.15) is 5.69 Å². The zero-order chi connectivity index (χ0) is 10.7. The number of Topliss-reactive ketones (excluding diaryl/α,β-unsaturated/α-hetero) is 1. The maximum atomic E-state index is 11.8. The van der Waals surface area contributed by atoms with Gasteiger partial charge in [0, 0.05) is 6.42 Å². The Labute approximate surface area is 89.2 Å². The van der Waals surface area contributed by atoms with Crippen molar-refractivity contribution in [2.75, 3.05) is 0 Å². The third-order valence-corrected chi connectivity index (χ3v) is 2.66. The first kappa shape index (κ1) is 10.0. The van der Waals surface area contributed by atoms with Crippen LogP contribution in [0, 0.1) is 12.8 Å². The molecule has 2 rings (SSSR count). The molecule has 0 amide bonds. The zero-order valence-corrected chi connectivity index (χ0v) is 8.81. The summed E-state index contributed by atoms with van der Waals surface area (Å²) >= 11 is 0. The average molecular weight is 202 g/mol. The molecule has 0 radical (unpaired) electrons. The van der Waals surface area contributed by atoms with Crippen molar-refractivity contribution in [2.24, 2.45) is 5.92 Å². The molecule has 3 heteroatoms. The number of carbonyl (C=O) groups is 1. The fourth-order valence-corrected chi connectivity index (χ4v) is 1.75. The van der Waals surface area contributed by atoms with Gasteiger partial charge in [0.05, 0.1) is 5.69 Å². The lowest BCUT2D eigenvalue weighted by atomic mass is 9.99. The number of carbonyl (C=O) groups excluding carboxylic acids is 1. The van der Waals surface area contributed by atoms with Crippen LogP contribution in [-0.2, 0) is 0 Å². The molecular formula is C12H14N2O. The molecule has 0 aromatic carbocycles. The van der Waals surface area contributed by atoms with E-state index in [2.05, 4.69) is 22.3 Å². The summed E-state index contributed by atoms with van der Waals surface area (Å²) in [6, 6.07) is 3.58. The maximum Gasteiger partial charge on any atom is 0.183 e. The van der Waals surface area contributed by atoms with Gasteiger partial charge in [-0.3, -0.25) is 4.79 Å². The second kappa shape index (κ2) is 4.34. The molecule has 0 fully saturated rings. The minimum absolute atomic E-state index is 0.108. The smallest absolute Gasteiger partial charge is 0.183 e. The molecule has 1 aromatic rings. The van der Waals surface area contributed by atoms with Gasteiger partial charge in [-0.1, -0.05) is 12.2 Å². The third-order valence-electron chi connectivity index (χ3n) is 2.66. The van der Waals surface area contributed by atoms with Crippen LogP contribution in [0.1, 0.15) is 35.4 Å². The number of hydrogen-bond donors (Lipinski definition) is 0. The Morgan fingerprint density at radius 2 is 2.07 bits per heavy atom. The van der Waals surface area contributed by atoms with E-state index >= 15 is 0 Å². The Balaban J connectivity index is 1.98. The fourth-order valence-electron chi connectivity index (χ4n) is 1.75. The number of allylic oxidation sites excluding steroid dienone is 2. The Kier molecular flexibility index (Phi) is 2.90. The average Bonchev–Trinajstić information content (AvgIpc) is 2.71. The van der Waals surface area contributed by atoms with E-state index in [1.165, 1.54) is 0 Å². The molecule has 0 bridgehead atoms. The van der Waals surface area contributed by atoms with E-state index in [9.17, 15) is 4.79 Å². The van der Waals surface area contributed by atoms with Gasteiger partial charge in [-0.25, -0.2) is 0 Å². The van der Waals surface area contributed by atoms with Crippen LogP contribution in [0.3, 0.4) is 0 Å². The van der Waals surface area contributed by atoms with Crippen molar-refractivity contribution in [3.63, 3.8) is 0 Å². The Morgan fingerprint density at radius 3 is 2.67 bits per heavy atom. The predicted octanol–water partition coefficient (Wildman–Crippen LogP) is 2.32. The van der Waals surface area contributed by atoms with Gasteiger partial charge in [-0.2, -0.15) is 5.10 Å². The molecule has 0 N–H and O–H groups in total. The fraction of sp³-hybridized carbons (Fsp3) is 0.417. The quantitative estimate of drug-likeness (QED) is 0.558. The monoisotopic (exact) mass is 202 g/mol.